The summed E-state index contributed by atoms with van der Waals surface area (Å²) < 4.78 is 0. The average Bonchev–Trinajstić information content (AvgIpc) is 2.64. The summed E-state index contributed by atoms with van der Waals surface area (Å²) in [4.78, 5) is 11.8. The van der Waals surface area contributed by atoms with Gasteiger partial charge in [0.05, 0.1) is 0 Å². The van der Waals surface area contributed by atoms with E-state index in [-0.39, 0.29) is 0 Å². The minimum absolute atomic E-state index is 0.439. The SMILES string of the molecule is C#CCCC(=O)C1C2C3CCC(C3)C12. The van der Waals surface area contributed by atoms with Crippen molar-refractivity contribution in [1.82, 2.24) is 0 Å². The lowest BCUT2D eigenvalue weighted by Gasteiger charge is -2.06. The minimum atomic E-state index is 0.439. The van der Waals surface area contributed by atoms with Gasteiger partial charge in [0.1, 0.15) is 5.78 Å². The fourth-order valence-electron chi connectivity index (χ4n) is 4.12. The molecule has 3 aliphatic rings. The average molecular weight is 188 g/mol. The van der Waals surface area contributed by atoms with Crippen LogP contribution in [-0.4, -0.2) is 5.78 Å². The van der Waals surface area contributed by atoms with Crippen LogP contribution in [0.2, 0.25) is 0 Å². The van der Waals surface area contributed by atoms with Crippen LogP contribution in [0.4, 0.5) is 0 Å². The number of Topliss-reactive ketones (excluding diaryl/α,β-unsaturated/α-hetero) is 1. The molecule has 0 amide bonds. The molecule has 0 aromatic heterocycles. The fourth-order valence-corrected chi connectivity index (χ4v) is 4.12. The molecule has 0 heterocycles. The maximum absolute atomic E-state index is 11.8. The van der Waals surface area contributed by atoms with E-state index in [2.05, 4.69) is 5.92 Å². The highest BCUT2D eigenvalue weighted by molar-refractivity contribution is 5.85. The fraction of sp³-hybridized carbons (Fsp3) is 0.769. The zero-order chi connectivity index (χ0) is 9.71. The van der Waals surface area contributed by atoms with Crippen molar-refractivity contribution >= 4 is 5.78 Å². The lowest BCUT2D eigenvalue weighted by Crippen LogP contribution is -2.09. The third-order valence-electron chi connectivity index (χ3n) is 4.62. The number of ketones is 1. The largest absolute Gasteiger partial charge is 0.299 e. The smallest absolute Gasteiger partial charge is 0.137 e. The summed E-state index contributed by atoms with van der Waals surface area (Å²) in [5.41, 5.74) is 0. The molecule has 1 nitrogen and oxygen atoms in total. The summed E-state index contributed by atoms with van der Waals surface area (Å²) >= 11 is 0. The summed E-state index contributed by atoms with van der Waals surface area (Å²) in [5, 5.41) is 0. The molecular formula is C13H16O. The van der Waals surface area contributed by atoms with Crippen molar-refractivity contribution in [1.29, 1.82) is 0 Å². The maximum Gasteiger partial charge on any atom is 0.137 e. The van der Waals surface area contributed by atoms with Crippen LogP contribution in [0.25, 0.3) is 0 Å². The second-order valence-electron chi connectivity index (χ2n) is 5.18. The number of carbonyl (C=O) groups is 1. The summed E-state index contributed by atoms with van der Waals surface area (Å²) in [6.45, 7) is 0. The first-order valence-corrected chi connectivity index (χ1v) is 5.79. The Hall–Kier alpha value is -0.770. The van der Waals surface area contributed by atoms with Crippen molar-refractivity contribution in [2.75, 3.05) is 0 Å². The van der Waals surface area contributed by atoms with Crippen LogP contribution in [0.3, 0.4) is 0 Å². The molecule has 0 saturated heterocycles. The van der Waals surface area contributed by atoms with Crippen LogP contribution in [0.15, 0.2) is 0 Å². The van der Waals surface area contributed by atoms with Crippen LogP contribution in [0, 0.1) is 41.9 Å². The van der Waals surface area contributed by atoms with Gasteiger partial charge in [-0.25, -0.2) is 0 Å². The molecule has 3 aliphatic carbocycles. The third-order valence-corrected chi connectivity index (χ3v) is 4.62. The van der Waals surface area contributed by atoms with Gasteiger partial charge in [-0.3, -0.25) is 4.79 Å². The topological polar surface area (TPSA) is 17.1 Å². The van der Waals surface area contributed by atoms with Gasteiger partial charge in [0.15, 0.2) is 0 Å². The molecule has 2 bridgehead atoms. The lowest BCUT2D eigenvalue weighted by molar-refractivity contribution is -0.121. The minimum Gasteiger partial charge on any atom is -0.299 e. The van der Waals surface area contributed by atoms with E-state index in [1.54, 1.807) is 0 Å². The van der Waals surface area contributed by atoms with E-state index in [0.29, 0.717) is 24.5 Å². The monoisotopic (exact) mass is 188 g/mol. The van der Waals surface area contributed by atoms with Crippen LogP contribution in [-0.2, 0) is 4.79 Å². The summed E-state index contributed by atoms with van der Waals surface area (Å²) in [5.74, 6) is 6.87. The second-order valence-corrected chi connectivity index (χ2v) is 5.18. The Bertz CT molecular complexity index is 296. The normalized spacial score (nSPS) is 47.2. The molecule has 3 fully saturated rings. The zero-order valence-electron chi connectivity index (χ0n) is 8.41. The molecule has 74 valence electrons. The molecule has 0 spiro atoms. The summed E-state index contributed by atoms with van der Waals surface area (Å²) in [7, 11) is 0. The molecule has 3 saturated carbocycles. The van der Waals surface area contributed by atoms with Crippen molar-refractivity contribution in [3.8, 4) is 12.3 Å². The summed E-state index contributed by atoms with van der Waals surface area (Å²) in [6, 6.07) is 0. The standard InChI is InChI=1S/C13H16O/c1-2-3-4-10(14)13-11-8-5-6-9(7-8)12(11)13/h1,8-9,11-13H,3-7H2. The van der Waals surface area contributed by atoms with Gasteiger partial charge in [0.25, 0.3) is 0 Å². The molecule has 0 aromatic rings. The van der Waals surface area contributed by atoms with E-state index in [1.807, 2.05) is 0 Å². The molecule has 4 unspecified atom stereocenters. The molecule has 4 atom stereocenters. The van der Waals surface area contributed by atoms with Gasteiger partial charge >= 0.3 is 0 Å². The number of fused-ring (bicyclic) bond motifs is 5. The quantitative estimate of drug-likeness (QED) is 0.621. The van der Waals surface area contributed by atoms with Crippen molar-refractivity contribution in [3.05, 3.63) is 0 Å². The molecule has 0 aliphatic heterocycles. The van der Waals surface area contributed by atoms with Crippen molar-refractivity contribution in [2.45, 2.75) is 32.1 Å². The first-order chi connectivity index (χ1) is 6.83. The van der Waals surface area contributed by atoms with Crippen molar-refractivity contribution in [3.63, 3.8) is 0 Å². The number of hydrogen-bond donors (Lipinski definition) is 0. The van der Waals surface area contributed by atoms with E-state index < -0.39 is 0 Å². The Kier molecular flexibility index (Phi) is 1.74. The van der Waals surface area contributed by atoms with Gasteiger partial charge < -0.3 is 0 Å². The third kappa shape index (κ3) is 1.00. The van der Waals surface area contributed by atoms with Crippen molar-refractivity contribution < 1.29 is 4.79 Å². The molecule has 0 N–H and O–H groups in total. The predicted molar refractivity (Wildman–Crippen MR) is 54.4 cm³/mol. The van der Waals surface area contributed by atoms with Gasteiger partial charge in [-0.15, -0.1) is 12.3 Å². The van der Waals surface area contributed by atoms with Crippen LogP contribution < -0.4 is 0 Å². The molecule has 0 aromatic carbocycles. The summed E-state index contributed by atoms with van der Waals surface area (Å²) in [6.07, 6.45) is 10.7. The number of terminal acetylenes is 1. The van der Waals surface area contributed by atoms with Crippen LogP contribution in [0.1, 0.15) is 32.1 Å². The Labute approximate surface area is 85.3 Å². The number of rotatable bonds is 3. The van der Waals surface area contributed by atoms with E-state index >= 15 is 0 Å². The van der Waals surface area contributed by atoms with E-state index in [4.69, 9.17) is 6.42 Å². The molecular weight excluding hydrogens is 172 g/mol. The highest BCUT2D eigenvalue weighted by Gasteiger charge is 2.66. The van der Waals surface area contributed by atoms with Gasteiger partial charge in [0.2, 0.25) is 0 Å². The molecule has 3 rings (SSSR count). The molecule has 0 radical (unpaired) electrons. The van der Waals surface area contributed by atoms with Crippen LogP contribution in [0.5, 0.6) is 0 Å². The first kappa shape index (κ1) is 8.53. The maximum atomic E-state index is 11.8. The highest BCUT2D eigenvalue weighted by Crippen LogP contribution is 2.69. The first-order valence-electron chi connectivity index (χ1n) is 5.79. The Morgan fingerprint density at radius 3 is 2.50 bits per heavy atom. The Morgan fingerprint density at radius 2 is 1.93 bits per heavy atom. The molecule has 14 heavy (non-hydrogen) atoms. The predicted octanol–water partition coefficient (Wildman–Crippen LogP) is 2.26. The Morgan fingerprint density at radius 1 is 1.29 bits per heavy atom. The Balaban J connectivity index is 1.63. The number of hydrogen-bond acceptors (Lipinski definition) is 1. The highest BCUT2D eigenvalue weighted by atomic mass is 16.1. The van der Waals surface area contributed by atoms with Gasteiger partial charge in [-0.05, 0) is 42.9 Å². The molecule has 1 heteroatoms. The van der Waals surface area contributed by atoms with E-state index in [0.717, 1.165) is 23.7 Å². The lowest BCUT2D eigenvalue weighted by atomic mass is 9.98. The van der Waals surface area contributed by atoms with Gasteiger partial charge in [0, 0.05) is 18.8 Å². The zero-order valence-corrected chi connectivity index (χ0v) is 8.41. The number of carbonyl (C=O) groups excluding carboxylic acids is 1. The second kappa shape index (κ2) is 2.86. The van der Waals surface area contributed by atoms with Crippen LogP contribution >= 0.6 is 0 Å². The van der Waals surface area contributed by atoms with Gasteiger partial charge in [-0.1, -0.05) is 0 Å². The van der Waals surface area contributed by atoms with E-state index in [1.165, 1.54) is 19.3 Å². The van der Waals surface area contributed by atoms with E-state index in [9.17, 15) is 4.79 Å². The van der Waals surface area contributed by atoms with Gasteiger partial charge in [-0.2, -0.15) is 0 Å². The van der Waals surface area contributed by atoms with Crippen molar-refractivity contribution in [2.24, 2.45) is 29.6 Å².